The molecule has 1 aromatic heterocycles. The van der Waals surface area contributed by atoms with Crippen molar-refractivity contribution >= 4 is 32.7 Å². The molecule has 1 aromatic carbocycles. The van der Waals surface area contributed by atoms with Crippen molar-refractivity contribution in [3.05, 3.63) is 30.6 Å². The van der Waals surface area contributed by atoms with Crippen LogP contribution in [-0.4, -0.2) is 20.7 Å². The molecule has 72 valence electrons. The van der Waals surface area contributed by atoms with E-state index in [0.717, 1.165) is 11.0 Å². The zero-order chi connectivity index (χ0) is 9.97. The summed E-state index contributed by atoms with van der Waals surface area (Å²) in [6, 6.07) is 7.78. The Morgan fingerprint density at radius 2 is 2.21 bits per heavy atom. The lowest BCUT2D eigenvalue weighted by Gasteiger charge is -2.00. The van der Waals surface area contributed by atoms with E-state index in [4.69, 9.17) is 0 Å². The Morgan fingerprint density at radius 1 is 1.43 bits per heavy atom. The number of carbonyl (C=O) groups is 1. The molecule has 0 unspecified atom stereocenters. The van der Waals surface area contributed by atoms with Gasteiger partial charge < -0.3 is 4.57 Å². The third kappa shape index (κ3) is 1.70. The molecule has 4 heteroatoms. The lowest BCUT2D eigenvalue weighted by molar-refractivity contribution is -0.117. The van der Waals surface area contributed by atoms with Gasteiger partial charge in [-0.25, -0.2) is 4.98 Å². The lowest BCUT2D eigenvalue weighted by Crippen LogP contribution is -2.09. The van der Waals surface area contributed by atoms with Crippen LogP contribution in [0.5, 0.6) is 0 Å². The minimum Gasteiger partial charge on any atom is -0.323 e. The van der Waals surface area contributed by atoms with Crippen molar-refractivity contribution in [2.24, 2.45) is 0 Å². The molecule has 0 spiro atoms. The van der Waals surface area contributed by atoms with E-state index in [2.05, 4.69) is 20.9 Å². The van der Waals surface area contributed by atoms with Crippen molar-refractivity contribution in [1.82, 2.24) is 9.55 Å². The second kappa shape index (κ2) is 3.92. The lowest BCUT2D eigenvalue weighted by atomic mass is 10.3. The van der Waals surface area contributed by atoms with Gasteiger partial charge in [0.15, 0.2) is 5.78 Å². The highest BCUT2D eigenvalue weighted by Gasteiger charge is 2.04. The van der Waals surface area contributed by atoms with E-state index in [0.29, 0.717) is 11.9 Å². The summed E-state index contributed by atoms with van der Waals surface area (Å²) in [7, 11) is 0. The topological polar surface area (TPSA) is 34.9 Å². The van der Waals surface area contributed by atoms with Crippen LogP contribution < -0.4 is 0 Å². The van der Waals surface area contributed by atoms with Gasteiger partial charge in [-0.1, -0.05) is 28.1 Å². The molecule has 0 amide bonds. The molecule has 0 aliphatic rings. The maximum absolute atomic E-state index is 11.2. The van der Waals surface area contributed by atoms with Crippen molar-refractivity contribution in [2.45, 2.75) is 6.54 Å². The second-order valence-electron chi connectivity index (χ2n) is 3.03. The van der Waals surface area contributed by atoms with Crippen molar-refractivity contribution in [2.75, 3.05) is 5.33 Å². The van der Waals surface area contributed by atoms with Crippen molar-refractivity contribution in [3.8, 4) is 0 Å². The molecule has 0 radical (unpaired) electrons. The Labute approximate surface area is 89.9 Å². The number of para-hydroxylation sites is 2. The number of carbonyl (C=O) groups excluding carboxylic acids is 1. The van der Waals surface area contributed by atoms with Gasteiger partial charge in [-0.3, -0.25) is 4.79 Å². The standard InChI is InChI=1S/C10H9BrN2O/c11-5-8(14)6-13-7-12-9-3-1-2-4-10(9)13/h1-4,7H,5-6H2. The average molecular weight is 253 g/mol. The summed E-state index contributed by atoms with van der Waals surface area (Å²) in [5.41, 5.74) is 1.93. The van der Waals surface area contributed by atoms with Crippen LogP contribution in [0.2, 0.25) is 0 Å². The highest BCUT2D eigenvalue weighted by molar-refractivity contribution is 9.09. The van der Waals surface area contributed by atoms with Crippen LogP contribution in [0.1, 0.15) is 0 Å². The van der Waals surface area contributed by atoms with Gasteiger partial charge in [0.2, 0.25) is 0 Å². The van der Waals surface area contributed by atoms with E-state index in [-0.39, 0.29) is 5.78 Å². The van der Waals surface area contributed by atoms with Gasteiger partial charge in [0, 0.05) is 0 Å². The maximum atomic E-state index is 11.2. The number of alkyl halides is 1. The Morgan fingerprint density at radius 3 is 3.00 bits per heavy atom. The van der Waals surface area contributed by atoms with Crippen LogP contribution in [0.3, 0.4) is 0 Å². The van der Waals surface area contributed by atoms with E-state index >= 15 is 0 Å². The predicted molar refractivity (Wildman–Crippen MR) is 58.5 cm³/mol. The number of ketones is 1. The number of hydrogen-bond donors (Lipinski definition) is 0. The summed E-state index contributed by atoms with van der Waals surface area (Å²) in [4.78, 5) is 15.4. The first-order chi connectivity index (χ1) is 6.81. The number of fused-ring (bicyclic) bond motifs is 1. The molecular formula is C10H9BrN2O. The van der Waals surface area contributed by atoms with E-state index < -0.39 is 0 Å². The quantitative estimate of drug-likeness (QED) is 0.784. The van der Waals surface area contributed by atoms with Crippen LogP contribution in [0.4, 0.5) is 0 Å². The average Bonchev–Trinajstić information content (AvgIpc) is 2.62. The summed E-state index contributed by atoms with van der Waals surface area (Å²) in [6.45, 7) is 0.381. The van der Waals surface area contributed by atoms with Gasteiger partial charge in [-0.2, -0.15) is 0 Å². The minimum absolute atomic E-state index is 0.146. The maximum Gasteiger partial charge on any atom is 0.163 e. The second-order valence-corrected chi connectivity index (χ2v) is 3.59. The van der Waals surface area contributed by atoms with Crippen LogP contribution >= 0.6 is 15.9 Å². The first-order valence-corrected chi connectivity index (χ1v) is 5.41. The zero-order valence-corrected chi connectivity index (χ0v) is 9.07. The number of hydrogen-bond acceptors (Lipinski definition) is 2. The summed E-state index contributed by atoms with van der Waals surface area (Å²) < 4.78 is 1.86. The van der Waals surface area contributed by atoms with Crippen LogP contribution in [0, 0.1) is 0 Å². The van der Waals surface area contributed by atoms with Gasteiger partial charge >= 0.3 is 0 Å². The largest absolute Gasteiger partial charge is 0.323 e. The molecule has 0 N–H and O–H groups in total. The SMILES string of the molecule is O=C(CBr)Cn1cnc2ccccc21. The molecule has 3 nitrogen and oxygen atoms in total. The highest BCUT2D eigenvalue weighted by atomic mass is 79.9. The molecule has 2 aromatic rings. The van der Waals surface area contributed by atoms with Crippen molar-refractivity contribution < 1.29 is 4.79 Å². The Bertz CT molecular complexity index is 464. The molecule has 2 rings (SSSR count). The number of imidazole rings is 1. The molecule has 0 saturated carbocycles. The van der Waals surface area contributed by atoms with E-state index in [1.807, 2.05) is 28.8 Å². The molecule has 0 bridgehead atoms. The van der Waals surface area contributed by atoms with Crippen LogP contribution in [-0.2, 0) is 11.3 Å². The fourth-order valence-electron chi connectivity index (χ4n) is 1.37. The predicted octanol–water partition coefficient (Wildman–Crippen LogP) is 2.00. The van der Waals surface area contributed by atoms with E-state index in [1.54, 1.807) is 6.33 Å². The summed E-state index contributed by atoms with van der Waals surface area (Å²) in [5, 5.41) is 0.388. The number of nitrogens with zero attached hydrogens (tertiary/aromatic N) is 2. The van der Waals surface area contributed by atoms with Gasteiger partial charge in [0.05, 0.1) is 29.2 Å². The van der Waals surface area contributed by atoms with Gasteiger partial charge in [0.1, 0.15) is 0 Å². The molecule has 1 heterocycles. The summed E-state index contributed by atoms with van der Waals surface area (Å²) >= 11 is 3.14. The third-order valence-corrected chi connectivity index (χ3v) is 2.65. The minimum atomic E-state index is 0.146. The number of aromatic nitrogens is 2. The number of Topliss-reactive ketones (excluding diaryl/α,β-unsaturated/α-hetero) is 1. The third-order valence-electron chi connectivity index (χ3n) is 2.02. The first-order valence-electron chi connectivity index (χ1n) is 4.29. The Hall–Kier alpha value is -1.16. The molecule has 0 atom stereocenters. The Kier molecular flexibility index (Phi) is 2.63. The molecule has 0 fully saturated rings. The summed E-state index contributed by atoms with van der Waals surface area (Å²) in [5.74, 6) is 0.146. The normalized spacial score (nSPS) is 10.6. The fourth-order valence-corrected chi connectivity index (χ4v) is 1.55. The van der Waals surface area contributed by atoms with Gasteiger partial charge in [-0.05, 0) is 12.1 Å². The van der Waals surface area contributed by atoms with E-state index in [9.17, 15) is 4.79 Å². The Balaban J connectivity index is 2.38. The van der Waals surface area contributed by atoms with Gasteiger partial charge in [0.25, 0.3) is 0 Å². The number of rotatable bonds is 3. The fraction of sp³-hybridized carbons (Fsp3) is 0.200. The van der Waals surface area contributed by atoms with Crippen molar-refractivity contribution in [3.63, 3.8) is 0 Å². The zero-order valence-electron chi connectivity index (χ0n) is 7.48. The van der Waals surface area contributed by atoms with Crippen molar-refractivity contribution in [1.29, 1.82) is 0 Å². The number of halogens is 1. The van der Waals surface area contributed by atoms with Crippen LogP contribution in [0.15, 0.2) is 30.6 Å². The number of benzene rings is 1. The molecule has 0 aliphatic carbocycles. The monoisotopic (exact) mass is 252 g/mol. The highest BCUT2D eigenvalue weighted by Crippen LogP contribution is 2.11. The smallest absolute Gasteiger partial charge is 0.163 e. The molecule has 0 aliphatic heterocycles. The molecule has 0 saturated heterocycles. The summed E-state index contributed by atoms with van der Waals surface area (Å²) in [6.07, 6.45) is 1.70. The van der Waals surface area contributed by atoms with Crippen LogP contribution in [0.25, 0.3) is 11.0 Å². The molecular weight excluding hydrogens is 244 g/mol. The van der Waals surface area contributed by atoms with E-state index in [1.165, 1.54) is 0 Å². The first kappa shape index (κ1) is 9.40. The van der Waals surface area contributed by atoms with Gasteiger partial charge in [-0.15, -0.1) is 0 Å². The molecule has 14 heavy (non-hydrogen) atoms.